The van der Waals surface area contributed by atoms with E-state index in [1.54, 1.807) is 17.0 Å². The fraction of sp³-hybridized carbons (Fsp3) is 0.500. The molecule has 116 valence electrons. The highest BCUT2D eigenvalue weighted by Gasteiger charge is 2.21. The molecule has 5 heteroatoms. The monoisotopic (exact) mass is 292 g/mol. The number of nitrogens with zero attached hydrogens (tertiary/aromatic N) is 1. The third-order valence-corrected chi connectivity index (χ3v) is 3.07. The average Bonchev–Trinajstić information content (AvgIpc) is 2.46. The van der Waals surface area contributed by atoms with E-state index in [1.807, 2.05) is 26.8 Å². The van der Waals surface area contributed by atoms with Crippen molar-refractivity contribution in [3.05, 3.63) is 23.8 Å². The van der Waals surface area contributed by atoms with Gasteiger partial charge in [-0.25, -0.2) is 0 Å². The maximum atomic E-state index is 12.2. The van der Waals surface area contributed by atoms with Gasteiger partial charge in [-0.2, -0.15) is 0 Å². The van der Waals surface area contributed by atoms with E-state index in [0.717, 1.165) is 18.4 Å². The van der Waals surface area contributed by atoms with Crippen LogP contribution in [0.5, 0.6) is 5.75 Å². The van der Waals surface area contributed by atoms with Gasteiger partial charge in [0.2, 0.25) is 0 Å². The van der Waals surface area contributed by atoms with Gasteiger partial charge in [-0.05, 0) is 37.5 Å². The number of benzene rings is 1. The van der Waals surface area contributed by atoms with Crippen LogP contribution >= 0.6 is 0 Å². The highest BCUT2D eigenvalue weighted by Crippen LogP contribution is 2.25. The minimum Gasteiger partial charge on any atom is -0.495 e. The molecule has 0 radical (unpaired) electrons. The molecular weight excluding hydrogens is 268 g/mol. The molecule has 2 amide bonds. The summed E-state index contributed by atoms with van der Waals surface area (Å²) in [5, 5.41) is 2.64. The molecule has 5 nitrogen and oxygen atoms in total. The average molecular weight is 292 g/mol. The van der Waals surface area contributed by atoms with E-state index in [1.165, 1.54) is 7.11 Å². The third kappa shape index (κ3) is 4.77. The number of amides is 2. The molecule has 21 heavy (non-hydrogen) atoms. The number of rotatable bonds is 6. The van der Waals surface area contributed by atoms with Gasteiger partial charge in [0.15, 0.2) is 0 Å². The summed E-state index contributed by atoms with van der Waals surface area (Å²) >= 11 is 0. The molecule has 0 spiro atoms. The van der Waals surface area contributed by atoms with Gasteiger partial charge in [0.1, 0.15) is 5.75 Å². The zero-order chi connectivity index (χ0) is 15.8. The highest BCUT2D eigenvalue weighted by molar-refractivity contribution is 6.39. The lowest BCUT2D eigenvalue weighted by Crippen LogP contribution is -2.40. The lowest BCUT2D eigenvalue weighted by atomic mass is 10.2. The van der Waals surface area contributed by atoms with Crippen molar-refractivity contribution >= 4 is 17.5 Å². The van der Waals surface area contributed by atoms with E-state index in [2.05, 4.69) is 5.32 Å². The number of ether oxygens (including phenoxy) is 1. The number of carbonyl (C=O) groups is 2. The second kappa shape index (κ2) is 8.29. The smallest absolute Gasteiger partial charge is 0.314 e. The molecule has 1 N–H and O–H groups in total. The van der Waals surface area contributed by atoms with E-state index >= 15 is 0 Å². The Morgan fingerprint density at radius 3 is 2.33 bits per heavy atom. The van der Waals surface area contributed by atoms with Crippen molar-refractivity contribution in [2.45, 2.75) is 33.6 Å². The van der Waals surface area contributed by atoms with Crippen LogP contribution in [0.4, 0.5) is 5.69 Å². The number of hydrogen-bond donors (Lipinski definition) is 1. The number of anilines is 1. The zero-order valence-electron chi connectivity index (χ0n) is 13.2. The summed E-state index contributed by atoms with van der Waals surface area (Å²) in [6, 6.07) is 5.44. The molecule has 0 saturated carbocycles. The van der Waals surface area contributed by atoms with Gasteiger partial charge in [-0.1, -0.05) is 19.9 Å². The maximum absolute atomic E-state index is 12.2. The summed E-state index contributed by atoms with van der Waals surface area (Å²) < 4.78 is 5.20. The van der Waals surface area contributed by atoms with E-state index < -0.39 is 11.8 Å². The molecule has 0 aliphatic carbocycles. The van der Waals surface area contributed by atoms with E-state index in [0.29, 0.717) is 24.5 Å². The maximum Gasteiger partial charge on any atom is 0.314 e. The molecule has 1 aromatic rings. The van der Waals surface area contributed by atoms with Crippen molar-refractivity contribution < 1.29 is 14.3 Å². The lowest BCUT2D eigenvalue weighted by molar-refractivity contribution is -0.143. The van der Waals surface area contributed by atoms with Crippen molar-refractivity contribution in [2.24, 2.45) is 0 Å². The normalized spacial score (nSPS) is 10.1. The number of methoxy groups -OCH3 is 1. The zero-order valence-corrected chi connectivity index (χ0v) is 13.2. The fourth-order valence-corrected chi connectivity index (χ4v) is 2.09. The number of aryl methyl sites for hydroxylation is 1. The number of carbonyl (C=O) groups excluding carboxylic acids is 2. The summed E-state index contributed by atoms with van der Waals surface area (Å²) in [4.78, 5) is 25.9. The Balaban J connectivity index is 2.84. The van der Waals surface area contributed by atoms with Gasteiger partial charge in [-0.3, -0.25) is 9.59 Å². The quantitative estimate of drug-likeness (QED) is 0.820. The first-order valence-corrected chi connectivity index (χ1v) is 7.28. The predicted octanol–water partition coefficient (Wildman–Crippen LogP) is 2.59. The van der Waals surface area contributed by atoms with E-state index in [9.17, 15) is 9.59 Å². The summed E-state index contributed by atoms with van der Waals surface area (Å²) in [6.45, 7) is 7.06. The van der Waals surface area contributed by atoms with Crippen molar-refractivity contribution in [3.63, 3.8) is 0 Å². The summed E-state index contributed by atoms with van der Waals surface area (Å²) in [6.07, 6.45) is 1.65. The highest BCUT2D eigenvalue weighted by atomic mass is 16.5. The van der Waals surface area contributed by atoms with Crippen LogP contribution in [-0.2, 0) is 9.59 Å². The van der Waals surface area contributed by atoms with Crippen LogP contribution in [0.15, 0.2) is 18.2 Å². The van der Waals surface area contributed by atoms with Crippen molar-refractivity contribution in [2.75, 3.05) is 25.5 Å². The standard InChI is InChI=1S/C16H24N2O3/c1-5-9-18(10-6-2)16(20)15(19)17-13-11-12(3)7-8-14(13)21-4/h7-8,11H,5-6,9-10H2,1-4H3,(H,17,19). The molecule has 1 aromatic carbocycles. The Morgan fingerprint density at radius 2 is 1.81 bits per heavy atom. The molecule has 1 rings (SSSR count). The Hall–Kier alpha value is -2.04. The van der Waals surface area contributed by atoms with E-state index in [4.69, 9.17) is 4.74 Å². The second-order valence-electron chi connectivity index (χ2n) is 4.95. The Labute approximate surface area is 126 Å². The van der Waals surface area contributed by atoms with Crippen LogP contribution in [-0.4, -0.2) is 36.9 Å². The molecular formula is C16H24N2O3. The minimum absolute atomic E-state index is 0.498. The third-order valence-electron chi connectivity index (χ3n) is 3.07. The Kier molecular flexibility index (Phi) is 6.72. The summed E-state index contributed by atoms with van der Waals surface area (Å²) in [5.74, 6) is -0.581. The van der Waals surface area contributed by atoms with Crippen LogP contribution in [0.2, 0.25) is 0 Å². The van der Waals surface area contributed by atoms with Gasteiger partial charge in [0.25, 0.3) is 0 Å². The van der Waals surface area contributed by atoms with Crippen molar-refractivity contribution in [1.29, 1.82) is 0 Å². The number of hydrogen-bond acceptors (Lipinski definition) is 3. The first kappa shape index (κ1) is 17.0. The lowest BCUT2D eigenvalue weighted by Gasteiger charge is -2.21. The molecule has 0 heterocycles. The molecule has 0 aliphatic heterocycles. The SMILES string of the molecule is CCCN(CCC)C(=O)C(=O)Nc1cc(C)ccc1OC. The van der Waals surface area contributed by atoms with Crippen LogP contribution in [0.3, 0.4) is 0 Å². The van der Waals surface area contributed by atoms with Crippen LogP contribution in [0, 0.1) is 6.92 Å². The number of nitrogens with one attached hydrogen (secondary N) is 1. The molecule has 0 bridgehead atoms. The molecule has 0 saturated heterocycles. The first-order valence-electron chi connectivity index (χ1n) is 7.28. The van der Waals surface area contributed by atoms with Gasteiger partial charge in [0, 0.05) is 13.1 Å². The van der Waals surface area contributed by atoms with Gasteiger partial charge in [-0.15, -0.1) is 0 Å². The van der Waals surface area contributed by atoms with Crippen LogP contribution in [0.1, 0.15) is 32.3 Å². The van der Waals surface area contributed by atoms with Crippen molar-refractivity contribution in [3.8, 4) is 5.75 Å². The molecule has 0 unspecified atom stereocenters. The molecule has 0 aromatic heterocycles. The van der Waals surface area contributed by atoms with Crippen molar-refractivity contribution in [1.82, 2.24) is 4.90 Å². The predicted molar refractivity (Wildman–Crippen MR) is 83.5 cm³/mol. The largest absolute Gasteiger partial charge is 0.495 e. The molecule has 0 aliphatic rings. The van der Waals surface area contributed by atoms with Crippen LogP contribution < -0.4 is 10.1 Å². The molecule has 0 atom stereocenters. The topological polar surface area (TPSA) is 58.6 Å². The second-order valence-corrected chi connectivity index (χ2v) is 4.95. The Bertz CT molecular complexity index is 494. The van der Waals surface area contributed by atoms with Crippen LogP contribution in [0.25, 0.3) is 0 Å². The minimum atomic E-state index is -0.624. The van der Waals surface area contributed by atoms with Gasteiger partial charge in [0.05, 0.1) is 12.8 Å². The first-order chi connectivity index (χ1) is 10.0. The summed E-state index contributed by atoms with van der Waals surface area (Å²) in [7, 11) is 1.53. The van der Waals surface area contributed by atoms with Gasteiger partial charge >= 0.3 is 11.8 Å². The van der Waals surface area contributed by atoms with E-state index in [-0.39, 0.29) is 0 Å². The summed E-state index contributed by atoms with van der Waals surface area (Å²) in [5.41, 5.74) is 1.50. The molecule has 0 fully saturated rings. The fourth-order valence-electron chi connectivity index (χ4n) is 2.09. The van der Waals surface area contributed by atoms with Gasteiger partial charge < -0.3 is 15.0 Å². The Morgan fingerprint density at radius 1 is 1.19 bits per heavy atom.